The third-order valence-electron chi connectivity index (χ3n) is 3.18. The van der Waals surface area contributed by atoms with Gasteiger partial charge in [-0.1, -0.05) is 0 Å². The number of hydrogen-bond acceptors (Lipinski definition) is 5. The maximum atomic E-state index is 12.1. The summed E-state index contributed by atoms with van der Waals surface area (Å²) in [4.78, 5) is 2.36. The van der Waals surface area contributed by atoms with E-state index in [1.165, 1.54) is 0 Å². The summed E-state index contributed by atoms with van der Waals surface area (Å²) in [6.45, 7) is 3.12. The third kappa shape index (κ3) is 3.01. The molecular weight excluding hydrogens is 264 g/mol. The van der Waals surface area contributed by atoms with Crippen molar-refractivity contribution < 1.29 is 13.2 Å². The largest absolute Gasteiger partial charge is 0.487 e. The molecule has 0 spiro atoms. The molecule has 1 unspecified atom stereocenters. The van der Waals surface area contributed by atoms with E-state index in [-0.39, 0.29) is 11.9 Å². The summed E-state index contributed by atoms with van der Waals surface area (Å²) in [5.74, 6) is 0.822. The summed E-state index contributed by atoms with van der Waals surface area (Å²) >= 11 is 0. The van der Waals surface area contributed by atoms with Crippen molar-refractivity contribution in [1.82, 2.24) is 0 Å². The zero-order valence-corrected chi connectivity index (χ0v) is 12.1. The lowest BCUT2D eigenvalue weighted by Gasteiger charge is -2.32. The van der Waals surface area contributed by atoms with Gasteiger partial charge in [0.2, 0.25) is 0 Å². The van der Waals surface area contributed by atoms with Crippen LogP contribution in [0.25, 0.3) is 0 Å². The van der Waals surface area contributed by atoms with Crippen LogP contribution in [0.3, 0.4) is 0 Å². The number of fused-ring (bicyclic) bond motifs is 1. The third-order valence-corrected chi connectivity index (χ3v) is 4.98. The molecule has 1 atom stereocenters. The van der Waals surface area contributed by atoms with Gasteiger partial charge in [0, 0.05) is 7.05 Å². The highest BCUT2D eigenvalue weighted by molar-refractivity contribution is 7.91. The Kier molecular flexibility index (Phi) is 4.01. The maximum absolute atomic E-state index is 12.1. The van der Waals surface area contributed by atoms with Crippen LogP contribution in [0.2, 0.25) is 0 Å². The Bertz CT molecular complexity index is 557. The normalized spacial score (nSPS) is 18.9. The van der Waals surface area contributed by atoms with Crippen LogP contribution in [0.15, 0.2) is 23.1 Å². The van der Waals surface area contributed by atoms with E-state index in [9.17, 15) is 8.42 Å². The first-order valence-corrected chi connectivity index (χ1v) is 8.04. The summed E-state index contributed by atoms with van der Waals surface area (Å²) in [6.07, 6.45) is 0.584. The van der Waals surface area contributed by atoms with Gasteiger partial charge < -0.3 is 15.4 Å². The minimum absolute atomic E-state index is 0.0866. The molecule has 2 rings (SSSR count). The Morgan fingerprint density at radius 1 is 1.47 bits per heavy atom. The van der Waals surface area contributed by atoms with Crippen molar-refractivity contribution in [3.05, 3.63) is 18.2 Å². The number of nitrogens with two attached hydrogens (primary N) is 1. The van der Waals surface area contributed by atoms with Gasteiger partial charge in [-0.2, -0.15) is 0 Å². The summed E-state index contributed by atoms with van der Waals surface area (Å²) in [7, 11) is -1.32. The lowest BCUT2D eigenvalue weighted by atomic mass is 10.2. The second-order valence-corrected chi connectivity index (χ2v) is 7.01. The number of likely N-dealkylation sites (N-methyl/N-ethyl adjacent to an activating group) is 1. The Morgan fingerprint density at radius 3 is 2.89 bits per heavy atom. The minimum atomic E-state index is -3.26. The number of sulfone groups is 1. The van der Waals surface area contributed by atoms with Crippen molar-refractivity contribution in [1.29, 1.82) is 0 Å². The maximum Gasteiger partial charge on any atom is 0.178 e. The van der Waals surface area contributed by atoms with E-state index in [0.717, 1.165) is 18.0 Å². The molecule has 19 heavy (non-hydrogen) atoms. The van der Waals surface area contributed by atoms with Crippen molar-refractivity contribution in [2.45, 2.75) is 24.3 Å². The molecule has 0 radical (unpaired) electrons. The zero-order chi connectivity index (χ0) is 14.0. The van der Waals surface area contributed by atoms with Crippen molar-refractivity contribution in [2.75, 3.05) is 30.8 Å². The first kappa shape index (κ1) is 14.1. The fourth-order valence-electron chi connectivity index (χ4n) is 2.22. The van der Waals surface area contributed by atoms with Gasteiger partial charge in [0.15, 0.2) is 9.84 Å². The van der Waals surface area contributed by atoms with Crippen LogP contribution in [-0.2, 0) is 9.84 Å². The minimum Gasteiger partial charge on any atom is -0.487 e. The molecule has 5 nitrogen and oxygen atoms in total. The quantitative estimate of drug-likeness (QED) is 0.894. The first-order chi connectivity index (χ1) is 8.94. The van der Waals surface area contributed by atoms with Gasteiger partial charge in [-0.05, 0) is 38.1 Å². The predicted molar refractivity (Wildman–Crippen MR) is 75.5 cm³/mol. The van der Waals surface area contributed by atoms with Gasteiger partial charge in [-0.15, -0.1) is 0 Å². The van der Waals surface area contributed by atoms with Gasteiger partial charge in [0.1, 0.15) is 11.9 Å². The van der Waals surface area contributed by atoms with Crippen molar-refractivity contribution in [2.24, 2.45) is 5.73 Å². The van der Waals surface area contributed by atoms with Crippen molar-refractivity contribution in [3.8, 4) is 5.75 Å². The molecule has 1 heterocycles. The Morgan fingerprint density at radius 2 is 2.21 bits per heavy atom. The van der Waals surface area contributed by atoms with Gasteiger partial charge in [0.05, 0.1) is 22.9 Å². The molecule has 1 aliphatic heterocycles. The van der Waals surface area contributed by atoms with E-state index < -0.39 is 9.84 Å². The van der Waals surface area contributed by atoms with E-state index >= 15 is 0 Å². The first-order valence-electron chi connectivity index (χ1n) is 6.38. The van der Waals surface area contributed by atoms with Gasteiger partial charge in [0.25, 0.3) is 0 Å². The topological polar surface area (TPSA) is 72.6 Å². The number of hydrogen-bond donors (Lipinski definition) is 1. The molecule has 0 aromatic heterocycles. The molecule has 0 fully saturated rings. The monoisotopic (exact) mass is 284 g/mol. The van der Waals surface area contributed by atoms with Crippen LogP contribution in [0, 0.1) is 0 Å². The molecule has 6 heteroatoms. The lowest BCUT2D eigenvalue weighted by Crippen LogP contribution is -2.35. The molecule has 0 bridgehead atoms. The number of anilines is 1. The van der Waals surface area contributed by atoms with Crippen molar-refractivity contribution in [3.63, 3.8) is 0 Å². The lowest BCUT2D eigenvalue weighted by molar-refractivity contribution is 0.215. The number of rotatable bonds is 4. The average Bonchev–Trinajstić information content (AvgIpc) is 2.35. The highest BCUT2D eigenvalue weighted by atomic mass is 32.2. The van der Waals surface area contributed by atoms with Crippen LogP contribution in [0.5, 0.6) is 5.75 Å². The van der Waals surface area contributed by atoms with Gasteiger partial charge in [-0.3, -0.25) is 0 Å². The van der Waals surface area contributed by atoms with Crippen LogP contribution in [-0.4, -0.2) is 40.4 Å². The molecule has 1 aliphatic rings. The molecule has 2 N–H and O–H groups in total. The fraction of sp³-hybridized carbons (Fsp3) is 0.538. The second-order valence-electron chi connectivity index (χ2n) is 4.90. The van der Waals surface area contributed by atoms with Crippen molar-refractivity contribution >= 4 is 15.5 Å². The molecule has 1 aromatic carbocycles. The van der Waals surface area contributed by atoms with E-state index in [2.05, 4.69) is 0 Å². The summed E-state index contributed by atoms with van der Waals surface area (Å²) in [5, 5.41) is 0. The second kappa shape index (κ2) is 5.38. The highest BCUT2D eigenvalue weighted by Crippen LogP contribution is 2.34. The Hall–Kier alpha value is -1.27. The molecule has 0 saturated heterocycles. The van der Waals surface area contributed by atoms with Crippen LogP contribution in [0.1, 0.15) is 13.3 Å². The molecule has 0 amide bonds. The highest BCUT2D eigenvalue weighted by Gasteiger charge is 2.23. The predicted octanol–water partition coefficient (Wildman–Crippen LogP) is 1.03. The molecule has 0 aliphatic carbocycles. The van der Waals surface area contributed by atoms with Crippen LogP contribution in [0.4, 0.5) is 5.69 Å². The summed E-state index contributed by atoms with van der Waals surface area (Å²) in [5.41, 5.74) is 6.20. The van der Waals surface area contributed by atoms with Gasteiger partial charge >= 0.3 is 0 Å². The SMILES string of the molecule is CC1CN(C)c2cc(S(=O)(=O)CCCN)ccc2O1. The Balaban J connectivity index is 2.33. The number of nitrogens with zero attached hydrogens (tertiary/aromatic N) is 1. The van der Waals surface area contributed by atoms with E-state index in [1.54, 1.807) is 18.2 Å². The molecule has 106 valence electrons. The average molecular weight is 284 g/mol. The smallest absolute Gasteiger partial charge is 0.178 e. The zero-order valence-electron chi connectivity index (χ0n) is 11.3. The number of ether oxygens (including phenoxy) is 1. The van der Waals surface area contributed by atoms with Crippen LogP contribution >= 0.6 is 0 Å². The molecular formula is C13H20N2O3S. The van der Waals surface area contributed by atoms with E-state index in [1.807, 2.05) is 18.9 Å². The van der Waals surface area contributed by atoms with E-state index in [0.29, 0.717) is 17.9 Å². The molecule has 1 aromatic rings. The van der Waals surface area contributed by atoms with E-state index in [4.69, 9.17) is 10.5 Å². The van der Waals surface area contributed by atoms with Crippen LogP contribution < -0.4 is 15.4 Å². The standard InChI is InChI=1S/C13H20N2O3S/c1-10-9-15(2)12-8-11(4-5-13(12)18-10)19(16,17)7-3-6-14/h4-5,8,10H,3,6-7,9,14H2,1-2H3. The van der Waals surface area contributed by atoms with Gasteiger partial charge in [-0.25, -0.2) is 8.42 Å². The fourth-order valence-corrected chi connectivity index (χ4v) is 3.57. The summed E-state index contributed by atoms with van der Waals surface area (Å²) < 4.78 is 30.0. The number of benzene rings is 1. The molecule has 0 saturated carbocycles. The Labute approximate surface area is 114 Å². The summed E-state index contributed by atoms with van der Waals surface area (Å²) in [6, 6.07) is 5.03.